The Kier molecular flexibility index (Phi) is 4.59. The second kappa shape index (κ2) is 6.05. The van der Waals surface area contributed by atoms with Crippen molar-refractivity contribution in [1.82, 2.24) is 10.2 Å². The van der Waals surface area contributed by atoms with E-state index < -0.39 is 17.9 Å². The zero-order valence-corrected chi connectivity index (χ0v) is 13.8. The van der Waals surface area contributed by atoms with Crippen LogP contribution in [0.2, 0.25) is 0 Å². The van der Waals surface area contributed by atoms with Crippen LogP contribution >= 0.6 is 31.9 Å². The van der Waals surface area contributed by atoms with E-state index in [-0.39, 0.29) is 12.5 Å². The molecule has 1 aliphatic rings. The summed E-state index contributed by atoms with van der Waals surface area (Å²) in [5, 5.41) is 2.25. The third-order valence-electron chi connectivity index (χ3n) is 3.06. The molecule has 3 amide bonds. The largest absolute Gasteiger partial charge is 0.317 e. The van der Waals surface area contributed by atoms with Gasteiger partial charge >= 0.3 is 0 Å². The maximum atomic E-state index is 12.5. The first-order valence-corrected chi connectivity index (χ1v) is 7.62. The van der Waals surface area contributed by atoms with Gasteiger partial charge in [0.2, 0.25) is 11.8 Å². The summed E-state index contributed by atoms with van der Waals surface area (Å²) in [4.78, 5) is 37.1. The van der Waals surface area contributed by atoms with Gasteiger partial charge in [0, 0.05) is 8.95 Å². The number of rotatable bonds is 2. The molecule has 0 spiro atoms. The highest BCUT2D eigenvalue weighted by atomic mass is 79.9. The Morgan fingerprint density at radius 3 is 2.70 bits per heavy atom. The Balaban J connectivity index is 2.34. The standard InChI is InChI=1S/C13H12Br2N2O3/c1-2-10-12(19)16-11(18)6-17(10)13(20)8-4-3-7(14)5-9(8)15/h3-5,10H,2,6H2,1H3,(H,16,18,19). The predicted octanol–water partition coefficient (Wildman–Crippen LogP) is 2.09. The molecule has 1 aromatic rings. The van der Waals surface area contributed by atoms with Crippen LogP contribution in [-0.2, 0) is 9.59 Å². The molecule has 0 saturated carbocycles. The van der Waals surface area contributed by atoms with Crippen LogP contribution in [0.4, 0.5) is 0 Å². The third kappa shape index (κ3) is 2.93. The quantitative estimate of drug-likeness (QED) is 0.769. The van der Waals surface area contributed by atoms with Crippen LogP contribution in [-0.4, -0.2) is 35.2 Å². The van der Waals surface area contributed by atoms with Crippen molar-refractivity contribution < 1.29 is 14.4 Å². The van der Waals surface area contributed by atoms with Gasteiger partial charge in [-0.3, -0.25) is 19.7 Å². The lowest BCUT2D eigenvalue weighted by Crippen LogP contribution is -2.59. The van der Waals surface area contributed by atoms with E-state index in [1.807, 2.05) is 0 Å². The molecule has 1 saturated heterocycles. The summed E-state index contributed by atoms with van der Waals surface area (Å²) in [7, 11) is 0. The molecule has 106 valence electrons. The average Bonchev–Trinajstić information content (AvgIpc) is 2.37. The molecule has 0 aromatic heterocycles. The summed E-state index contributed by atoms with van der Waals surface area (Å²) >= 11 is 6.64. The third-order valence-corrected chi connectivity index (χ3v) is 4.21. The van der Waals surface area contributed by atoms with E-state index >= 15 is 0 Å². The molecule has 0 bridgehead atoms. The second-order valence-electron chi connectivity index (χ2n) is 4.39. The molecule has 1 aliphatic heterocycles. The number of nitrogens with one attached hydrogen (secondary N) is 1. The number of imide groups is 1. The minimum atomic E-state index is -0.615. The van der Waals surface area contributed by atoms with Gasteiger partial charge in [0.1, 0.15) is 12.6 Å². The lowest BCUT2D eigenvalue weighted by Gasteiger charge is -2.33. The minimum Gasteiger partial charge on any atom is -0.317 e. The molecule has 7 heteroatoms. The summed E-state index contributed by atoms with van der Waals surface area (Å²) in [5.41, 5.74) is 0.425. The second-order valence-corrected chi connectivity index (χ2v) is 6.16. The van der Waals surface area contributed by atoms with Gasteiger partial charge in [0.15, 0.2) is 0 Å². The van der Waals surface area contributed by atoms with E-state index in [9.17, 15) is 14.4 Å². The van der Waals surface area contributed by atoms with Gasteiger partial charge in [0.05, 0.1) is 5.56 Å². The first kappa shape index (κ1) is 15.2. The first-order valence-electron chi connectivity index (χ1n) is 6.03. The Morgan fingerprint density at radius 1 is 1.40 bits per heavy atom. The van der Waals surface area contributed by atoms with Crippen LogP contribution in [0.1, 0.15) is 23.7 Å². The van der Waals surface area contributed by atoms with Gasteiger partial charge in [0.25, 0.3) is 5.91 Å². The maximum absolute atomic E-state index is 12.5. The zero-order valence-electron chi connectivity index (χ0n) is 10.7. The molecular formula is C13H12Br2N2O3. The Morgan fingerprint density at radius 2 is 2.10 bits per heavy atom. The van der Waals surface area contributed by atoms with E-state index in [1.165, 1.54) is 4.90 Å². The average molecular weight is 404 g/mol. The van der Waals surface area contributed by atoms with E-state index in [0.29, 0.717) is 16.5 Å². The maximum Gasteiger partial charge on any atom is 0.256 e. The zero-order chi connectivity index (χ0) is 14.9. The number of benzene rings is 1. The van der Waals surface area contributed by atoms with E-state index in [0.717, 1.165) is 4.47 Å². The molecule has 2 rings (SSSR count). The molecule has 1 N–H and O–H groups in total. The Bertz CT molecular complexity index is 589. The monoisotopic (exact) mass is 402 g/mol. The molecule has 1 heterocycles. The van der Waals surface area contributed by atoms with Gasteiger partial charge in [-0.25, -0.2) is 0 Å². The number of hydrogen-bond donors (Lipinski definition) is 1. The summed E-state index contributed by atoms with van der Waals surface area (Å²) in [6, 6.07) is 4.53. The Hall–Kier alpha value is -1.21. The Labute approximate surface area is 133 Å². The van der Waals surface area contributed by atoms with Crippen molar-refractivity contribution in [2.75, 3.05) is 6.54 Å². The van der Waals surface area contributed by atoms with Crippen molar-refractivity contribution in [2.24, 2.45) is 0 Å². The van der Waals surface area contributed by atoms with Crippen molar-refractivity contribution in [3.63, 3.8) is 0 Å². The summed E-state index contributed by atoms with van der Waals surface area (Å²) in [6.45, 7) is 1.70. The van der Waals surface area contributed by atoms with Gasteiger partial charge in [-0.15, -0.1) is 0 Å². The fourth-order valence-corrected chi connectivity index (χ4v) is 3.32. The summed E-state index contributed by atoms with van der Waals surface area (Å²) < 4.78 is 1.45. The van der Waals surface area contributed by atoms with E-state index in [4.69, 9.17) is 0 Å². The first-order chi connectivity index (χ1) is 9.43. The number of halogens is 2. The van der Waals surface area contributed by atoms with Crippen LogP contribution in [0.25, 0.3) is 0 Å². The number of carbonyl (C=O) groups excluding carboxylic acids is 3. The van der Waals surface area contributed by atoms with Crippen LogP contribution in [0.5, 0.6) is 0 Å². The summed E-state index contributed by atoms with van der Waals surface area (Å²) in [6.07, 6.45) is 0.457. The topological polar surface area (TPSA) is 66.5 Å². The molecule has 0 aliphatic carbocycles. The lowest BCUT2D eigenvalue weighted by atomic mass is 10.1. The molecule has 1 fully saturated rings. The van der Waals surface area contributed by atoms with Crippen molar-refractivity contribution in [1.29, 1.82) is 0 Å². The van der Waals surface area contributed by atoms with Crippen LogP contribution in [0.3, 0.4) is 0 Å². The number of carbonyl (C=O) groups is 3. The number of piperazine rings is 1. The normalized spacial score (nSPS) is 18.9. The van der Waals surface area contributed by atoms with Crippen molar-refractivity contribution >= 4 is 49.6 Å². The summed E-state index contributed by atoms with van der Waals surface area (Å²) in [5.74, 6) is -1.22. The fraction of sp³-hybridized carbons (Fsp3) is 0.308. The lowest BCUT2D eigenvalue weighted by molar-refractivity contribution is -0.138. The highest BCUT2D eigenvalue weighted by Crippen LogP contribution is 2.24. The number of amides is 3. The number of hydrogen-bond acceptors (Lipinski definition) is 3. The fourth-order valence-electron chi connectivity index (χ4n) is 2.10. The molecule has 1 atom stereocenters. The molecular weight excluding hydrogens is 392 g/mol. The van der Waals surface area contributed by atoms with E-state index in [2.05, 4.69) is 37.2 Å². The highest BCUT2D eigenvalue weighted by Gasteiger charge is 2.36. The van der Waals surface area contributed by atoms with Crippen molar-refractivity contribution in [2.45, 2.75) is 19.4 Å². The van der Waals surface area contributed by atoms with Crippen molar-refractivity contribution in [3.8, 4) is 0 Å². The molecule has 1 aromatic carbocycles. The minimum absolute atomic E-state index is 0.106. The SMILES string of the molecule is CCC1C(=O)NC(=O)CN1C(=O)c1ccc(Br)cc1Br. The predicted molar refractivity (Wildman–Crippen MR) is 80.1 cm³/mol. The van der Waals surface area contributed by atoms with E-state index in [1.54, 1.807) is 25.1 Å². The molecule has 0 radical (unpaired) electrons. The van der Waals surface area contributed by atoms with Gasteiger partial charge in [-0.1, -0.05) is 22.9 Å². The molecule has 1 unspecified atom stereocenters. The van der Waals surface area contributed by atoms with Crippen LogP contribution in [0, 0.1) is 0 Å². The highest BCUT2D eigenvalue weighted by molar-refractivity contribution is 9.11. The number of nitrogens with zero attached hydrogens (tertiary/aromatic N) is 1. The van der Waals surface area contributed by atoms with Crippen LogP contribution in [0.15, 0.2) is 27.1 Å². The smallest absolute Gasteiger partial charge is 0.256 e. The van der Waals surface area contributed by atoms with Crippen molar-refractivity contribution in [3.05, 3.63) is 32.7 Å². The van der Waals surface area contributed by atoms with Gasteiger partial charge in [-0.2, -0.15) is 0 Å². The molecule has 5 nitrogen and oxygen atoms in total. The van der Waals surface area contributed by atoms with Gasteiger partial charge in [-0.05, 0) is 40.5 Å². The molecule has 20 heavy (non-hydrogen) atoms. The van der Waals surface area contributed by atoms with Gasteiger partial charge < -0.3 is 4.90 Å². The van der Waals surface area contributed by atoms with Crippen LogP contribution < -0.4 is 5.32 Å².